The van der Waals surface area contributed by atoms with E-state index in [2.05, 4.69) is 17.2 Å². The number of hydrogen-bond acceptors (Lipinski definition) is 3. The number of carbonyl (C=O) groups is 2. The molecule has 0 aliphatic rings. The quantitative estimate of drug-likeness (QED) is 0.496. The molecule has 0 radical (unpaired) electrons. The third-order valence-corrected chi connectivity index (χ3v) is 3.64. The summed E-state index contributed by atoms with van der Waals surface area (Å²) in [5.74, 6) is 5.79. The maximum Gasteiger partial charge on any atom is 0.407 e. The number of carbonyl (C=O) groups excluding carboxylic acids is 2. The fourth-order valence-electron chi connectivity index (χ4n) is 2.04. The monoisotopic (exact) mass is 355 g/mol. The van der Waals surface area contributed by atoms with Gasteiger partial charge >= 0.3 is 6.09 Å². The number of halogens is 1. The predicted octanol–water partition coefficient (Wildman–Crippen LogP) is 4.21. The SMILES string of the molecule is CC(=O)c1cc(C#CCCNC(=O)OCc2ccccc2)ccc1Cl. The van der Waals surface area contributed by atoms with Gasteiger partial charge in [-0.3, -0.25) is 4.79 Å². The molecule has 0 fully saturated rings. The maximum atomic E-state index is 11.6. The van der Waals surface area contributed by atoms with Gasteiger partial charge in [0.05, 0.1) is 5.02 Å². The van der Waals surface area contributed by atoms with Gasteiger partial charge in [-0.1, -0.05) is 53.8 Å². The van der Waals surface area contributed by atoms with E-state index in [0.717, 1.165) is 5.56 Å². The highest BCUT2D eigenvalue weighted by Crippen LogP contribution is 2.17. The molecular formula is C20H18ClNO3. The fourth-order valence-corrected chi connectivity index (χ4v) is 2.29. The largest absolute Gasteiger partial charge is 0.445 e. The smallest absolute Gasteiger partial charge is 0.407 e. The average Bonchev–Trinajstić information content (AvgIpc) is 2.61. The van der Waals surface area contributed by atoms with Crippen LogP contribution in [0.15, 0.2) is 48.5 Å². The number of amides is 1. The summed E-state index contributed by atoms with van der Waals surface area (Å²) >= 11 is 5.95. The number of nitrogens with one attached hydrogen (secondary N) is 1. The summed E-state index contributed by atoms with van der Waals surface area (Å²) in [7, 11) is 0. The minimum absolute atomic E-state index is 0.100. The van der Waals surface area contributed by atoms with Gasteiger partial charge in [-0.05, 0) is 30.7 Å². The van der Waals surface area contributed by atoms with Crippen molar-refractivity contribution in [2.45, 2.75) is 20.0 Å². The summed E-state index contributed by atoms with van der Waals surface area (Å²) in [5, 5.41) is 3.06. The average molecular weight is 356 g/mol. The van der Waals surface area contributed by atoms with Gasteiger partial charge in [0.1, 0.15) is 6.61 Å². The Labute approximate surface area is 152 Å². The van der Waals surface area contributed by atoms with Crippen LogP contribution < -0.4 is 5.32 Å². The Bertz CT molecular complexity index is 807. The van der Waals surface area contributed by atoms with E-state index in [9.17, 15) is 9.59 Å². The number of benzene rings is 2. The van der Waals surface area contributed by atoms with Gasteiger partial charge in [0.25, 0.3) is 0 Å². The minimum Gasteiger partial charge on any atom is -0.445 e. The van der Waals surface area contributed by atoms with E-state index in [4.69, 9.17) is 16.3 Å². The molecule has 1 N–H and O–H groups in total. The van der Waals surface area contributed by atoms with Gasteiger partial charge in [-0.2, -0.15) is 0 Å². The van der Waals surface area contributed by atoms with Crippen molar-refractivity contribution < 1.29 is 14.3 Å². The molecule has 0 saturated carbocycles. The van der Waals surface area contributed by atoms with E-state index in [1.54, 1.807) is 18.2 Å². The number of hydrogen-bond donors (Lipinski definition) is 1. The van der Waals surface area contributed by atoms with Crippen LogP contribution in [-0.4, -0.2) is 18.4 Å². The van der Waals surface area contributed by atoms with Crippen molar-refractivity contribution >= 4 is 23.5 Å². The van der Waals surface area contributed by atoms with Gasteiger partial charge in [-0.25, -0.2) is 4.79 Å². The van der Waals surface area contributed by atoms with Gasteiger partial charge < -0.3 is 10.1 Å². The normalized spacial score (nSPS) is 9.68. The van der Waals surface area contributed by atoms with Gasteiger partial charge in [-0.15, -0.1) is 0 Å². The molecule has 1 amide bonds. The number of Topliss-reactive ketones (excluding diaryl/α,β-unsaturated/α-hetero) is 1. The molecule has 2 rings (SSSR count). The predicted molar refractivity (Wildman–Crippen MR) is 97.6 cm³/mol. The summed E-state index contributed by atoms with van der Waals surface area (Å²) in [4.78, 5) is 23.0. The molecule has 0 spiro atoms. The van der Waals surface area contributed by atoms with Crippen molar-refractivity contribution in [3.63, 3.8) is 0 Å². The summed E-state index contributed by atoms with van der Waals surface area (Å²) in [5.41, 5.74) is 2.10. The first kappa shape index (κ1) is 18.6. The summed E-state index contributed by atoms with van der Waals surface area (Å²) < 4.78 is 5.10. The van der Waals surface area contributed by atoms with Crippen LogP contribution in [0, 0.1) is 11.8 Å². The van der Waals surface area contributed by atoms with Crippen LogP contribution >= 0.6 is 11.6 Å². The van der Waals surface area contributed by atoms with E-state index in [1.807, 2.05) is 30.3 Å². The van der Waals surface area contributed by atoms with Crippen molar-refractivity contribution in [3.05, 3.63) is 70.2 Å². The molecule has 0 aliphatic carbocycles. The zero-order valence-corrected chi connectivity index (χ0v) is 14.6. The minimum atomic E-state index is -0.476. The van der Waals surface area contributed by atoms with Crippen LogP contribution in [0.3, 0.4) is 0 Å². The van der Waals surface area contributed by atoms with E-state index >= 15 is 0 Å². The van der Waals surface area contributed by atoms with Gasteiger partial charge in [0.2, 0.25) is 0 Å². The van der Waals surface area contributed by atoms with E-state index in [0.29, 0.717) is 29.1 Å². The van der Waals surface area contributed by atoms with Gasteiger partial charge in [0, 0.05) is 24.1 Å². The van der Waals surface area contributed by atoms with Crippen molar-refractivity contribution in [1.82, 2.24) is 5.32 Å². The Kier molecular flexibility index (Phi) is 7.06. The second kappa shape index (κ2) is 9.51. The fraction of sp³-hybridized carbons (Fsp3) is 0.200. The number of ether oxygens (including phenoxy) is 1. The first-order valence-electron chi connectivity index (χ1n) is 7.80. The number of rotatable bonds is 5. The molecule has 2 aromatic rings. The molecule has 4 nitrogen and oxygen atoms in total. The third kappa shape index (κ3) is 6.33. The zero-order valence-electron chi connectivity index (χ0n) is 13.8. The highest BCUT2D eigenvalue weighted by atomic mass is 35.5. The van der Waals surface area contributed by atoms with Crippen LogP contribution in [0.25, 0.3) is 0 Å². The zero-order chi connectivity index (χ0) is 18.1. The lowest BCUT2D eigenvalue weighted by atomic mass is 10.1. The Balaban J connectivity index is 1.74. The Hall–Kier alpha value is -2.77. The highest BCUT2D eigenvalue weighted by Gasteiger charge is 2.05. The Morgan fingerprint density at radius 2 is 1.92 bits per heavy atom. The van der Waals surface area contributed by atoms with Crippen LogP contribution in [0.4, 0.5) is 4.79 Å². The molecule has 0 aliphatic heterocycles. The van der Waals surface area contributed by atoms with Gasteiger partial charge in [0.15, 0.2) is 5.78 Å². The maximum absolute atomic E-state index is 11.6. The lowest BCUT2D eigenvalue weighted by Crippen LogP contribution is -2.24. The van der Waals surface area contributed by atoms with Crippen molar-refractivity contribution in [1.29, 1.82) is 0 Å². The van der Waals surface area contributed by atoms with Crippen LogP contribution in [0.1, 0.15) is 34.8 Å². The highest BCUT2D eigenvalue weighted by molar-refractivity contribution is 6.33. The Morgan fingerprint density at radius 3 is 2.64 bits per heavy atom. The second-order valence-electron chi connectivity index (χ2n) is 5.29. The first-order chi connectivity index (χ1) is 12.1. The molecule has 0 bridgehead atoms. The molecule has 0 aromatic heterocycles. The molecule has 0 heterocycles. The molecular weight excluding hydrogens is 338 g/mol. The topological polar surface area (TPSA) is 55.4 Å². The van der Waals surface area contributed by atoms with Crippen LogP contribution in [0.5, 0.6) is 0 Å². The lowest BCUT2D eigenvalue weighted by molar-refractivity contribution is 0.101. The Morgan fingerprint density at radius 1 is 1.16 bits per heavy atom. The molecule has 5 heteroatoms. The van der Waals surface area contributed by atoms with Crippen LogP contribution in [-0.2, 0) is 11.3 Å². The van der Waals surface area contributed by atoms with E-state index < -0.39 is 6.09 Å². The van der Waals surface area contributed by atoms with Crippen molar-refractivity contribution in [2.75, 3.05) is 6.54 Å². The lowest BCUT2D eigenvalue weighted by Gasteiger charge is -2.05. The summed E-state index contributed by atoms with van der Waals surface area (Å²) in [6.45, 7) is 2.08. The van der Waals surface area contributed by atoms with E-state index in [-0.39, 0.29) is 12.4 Å². The first-order valence-corrected chi connectivity index (χ1v) is 8.18. The molecule has 25 heavy (non-hydrogen) atoms. The number of ketones is 1. The molecule has 128 valence electrons. The third-order valence-electron chi connectivity index (χ3n) is 3.31. The summed E-state index contributed by atoms with van der Waals surface area (Å²) in [6.07, 6.45) is -0.00521. The van der Waals surface area contributed by atoms with Crippen LogP contribution in [0.2, 0.25) is 5.02 Å². The molecule has 0 unspecified atom stereocenters. The standard InChI is InChI=1S/C20H18ClNO3/c1-15(23)18-13-16(10-11-19(18)21)7-5-6-12-22-20(24)25-14-17-8-3-2-4-9-17/h2-4,8-11,13H,6,12,14H2,1H3,(H,22,24). The molecule has 0 saturated heterocycles. The number of alkyl carbamates (subject to hydrolysis) is 1. The van der Waals surface area contributed by atoms with Crippen molar-refractivity contribution in [2.24, 2.45) is 0 Å². The molecule has 0 atom stereocenters. The summed E-state index contributed by atoms with van der Waals surface area (Å²) in [6, 6.07) is 14.5. The molecule has 2 aromatic carbocycles. The van der Waals surface area contributed by atoms with E-state index in [1.165, 1.54) is 6.92 Å². The van der Waals surface area contributed by atoms with Crippen molar-refractivity contribution in [3.8, 4) is 11.8 Å². The second-order valence-corrected chi connectivity index (χ2v) is 5.70.